The van der Waals surface area contributed by atoms with Gasteiger partial charge in [0.15, 0.2) is 0 Å². The minimum absolute atomic E-state index is 0.0565. The first-order valence-electron chi connectivity index (χ1n) is 10.6. The number of benzene rings is 1. The van der Waals surface area contributed by atoms with Crippen molar-refractivity contribution in [2.75, 3.05) is 6.61 Å². The third-order valence-electron chi connectivity index (χ3n) is 8.01. The fourth-order valence-electron chi connectivity index (χ4n) is 6.20. The zero-order chi connectivity index (χ0) is 21.0. The molecule has 1 aromatic heterocycles. The molecular weight excluding hydrogens is 368 g/mol. The van der Waals surface area contributed by atoms with Gasteiger partial charge in [-0.05, 0) is 67.6 Å². The van der Waals surface area contributed by atoms with Crippen molar-refractivity contribution >= 4 is 11.0 Å². The van der Waals surface area contributed by atoms with E-state index in [4.69, 9.17) is 9.15 Å². The maximum absolute atomic E-state index is 11.5. The van der Waals surface area contributed by atoms with Gasteiger partial charge in [-0.3, -0.25) is 0 Å². The molecule has 3 unspecified atom stereocenters. The Labute approximate surface area is 171 Å². The van der Waals surface area contributed by atoms with Crippen molar-refractivity contribution < 1.29 is 19.4 Å². The third-order valence-corrected chi connectivity index (χ3v) is 8.01. The highest BCUT2D eigenvalue weighted by molar-refractivity contribution is 5.77. The standard InChI is InChI=1S/C24H32O5/c1-22(2)18-9-12-24(4,27)19(23(18,3)11-10-20(22)25)14-28-16-7-5-15-6-8-21(26)29-17(15)13-16/h5-8,13,18-20,25,27H,9-12,14H2,1-4H3/t18?,19-,20?,23?,24-/m1/s1. The second-order valence-electron chi connectivity index (χ2n) is 10.1. The van der Waals surface area contributed by atoms with E-state index in [2.05, 4.69) is 20.8 Å². The Morgan fingerprint density at radius 1 is 1.10 bits per heavy atom. The minimum Gasteiger partial charge on any atom is -0.493 e. The van der Waals surface area contributed by atoms with E-state index in [1.807, 2.05) is 19.1 Å². The van der Waals surface area contributed by atoms with Gasteiger partial charge in [0.25, 0.3) is 0 Å². The lowest BCUT2D eigenvalue weighted by Crippen LogP contribution is -2.61. The molecule has 5 nitrogen and oxygen atoms in total. The molecule has 5 atom stereocenters. The fourth-order valence-corrected chi connectivity index (χ4v) is 6.20. The van der Waals surface area contributed by atoms with Crippen LogP contribution in [0.5, 0.6) is 5.75 Å². The minimum atomic E-state index is -0.826. The van der Waals surface area contributed by atoms with Crippen molar-refractivity contribution in [3.63, 3.8) is 0 Å². The van der Waals surface area contributed by atoms with Crippen molar-refractivity contribution in [2.24, 2.45) is 22.7 Å². The molecule has 2 fully saturated rings. The first-order valence-corrected chi connectivity index (χ1v) is 10.6. The van der Waals surface area contributed by atoms with Crippen LogP contribution in [0.1, 0.15) is 53.4 Å². The third kappa shape index (κ3) is 3.38. The van der Waals surface area contributed by atoms with Crippen molar-refractivity contribution in [2.45, 2.75) is 65.1 Å². The molecule has 5 heteroatoms. The largest absolute Gasteiger partial charge is 0.493 e. The Morgan fingerprint density at radius 2 is 1.83 bits per heavy atom. The summed E-state index contributed by atoms with van der Waals surface area (Å²) in [6.45, 7) is 8.87. The second-order valence-corrected chi connectivity index (χ2v) is 10.1. The highest BCUT2D eigenvalue weighted by atomic mass is 16.5. The van der Waals surface area contributed by atoms with Crippen LogP contribution in [0, 0.1) is 22.7 Å². The molecule has 0 spiro atoms. The molecule has 2 N–H and O–H groups in total. The molecule has 0 saturated heterocycles. The van der Waals surface area contributed by atoms with Crippen LogP contribution in [0.2, 0.25) is 0 Å². The molecule has 0 amide bonds. The van der Waals surface area contributed by atoms with Crippen LogP contribution < -0.4 is 10.4 Å². The first kappa shape index (κ1) is 20.4. The van der Waals surface area contributed by atoms with Crippen LogP contribution in [-0.4, -0.2) is 28.5 Å². The molecule has 1 heterocycles. The van der Waals surface area contributed by atoms with E-state index >= 15 is 0 Å². The van der Waals surface area contributed by atoms with Crippen molar-refractivity contribution in [3.05, 3.63) is 40.8 Å². The lowest BCUT2D eigenvalue weighted by Gasteiger charge is -2.62. The van der Waals surface area contributed by atoms with Gasteiger partial charge in [0, 0.05) is 23.4 Å². The molecule has 29 heavy (non-hydrogen) atoms. The molecule has 0 bridgehead atoms. The zero-order valence-corrected chi connectivity index (χ0v) is 17.8. The Balaban J connectivity index is 1.61. The molecule has 4 rings (SSSR count). The molecule has 0 radical (unpaired) electrons. The normalized spacial score (nSPS) is 36.6. The summed E-state index contributed by atoms with van der Waals surface area (Å²) in [5.74, 6) is 0.893. The average Bonchev–Trinajstić information content (AvgIpc) is 2.64. The second kappa shape index (κ2) is 6.85. The lowest BCUT2D eigenvalue weighted by atomic mass is 9.45. The summed E-state index contributed by atoms with van der Waals surface area (Å²) in [7, 11) is 0. The summed E-state index contributed by atoms with van der Waals surface area (Å²) < 4.78 is 11.4. The molecule has 2 aliphatic rings. The van der Waals surface area contributed by atoms with Crippen LogP contribution in [0.4, 0.5) is 0 Å². The number of ether oxygens (including phenoxy) is 1. The van der Waals surface area contributed by atoms with Crippen molar-refractivity contribution in [1.29, 1.82) is 0 Å². The SMILES string of the molecule is CC1(C)C(O)CCC2(C)C1CC[C@@](C)(O)[C@@H]2COc1ccc2ccc(=O)oc2c1. The Bertz CT molecular complexity index is 959. The number of hydrogen-bond donors (Lipinski definition) is 2. The van der Waals surface area contributed by atoms with E-state index < -0.39 is 5.60 Å². The highest BCUT2D eigenvalue weighted by Crippen LogP contribution is 2.61. The molecule has 158 valence electrons. The van der Waals surface area contributed by atoms with Gasteiger partial charge in [-0.15, -0.1) is 0 Å². The number of aliphatic hydroxyl groups is 2. The summed E-state index contributed by atoms with van der Waals surface area (Å²) >= 11 is 0. The summed E-state index contributed by atoms with van der Waals surface area (Å²) in [4.78, 5) is 11.5. The number of rotatable bonds is 3. The smallest absolute Gasteiger partial charge is 0.336 e. The van der Waals surface area contributed by atoms with E-state index in [1.165, 1.54) is 6.07 Å². The Hall–Kier alpha value is -1.85. The predicted octanol–water partition coefficient (Wildman–Crippen LogP) is 4.14. The fraction of sp³-hybridized carbons (Fsp3) is 0.625. The Morgan fingerprint density at radius 3 is 2.59 bits per heavy atom. The van der Waals surface area contributed by atoms with Gasteiger partial charge < -0.3 is 19.4 Å². The quantitative estimate of drug-likeness (QED) is 0.757. The summed E-state index contributed by atoms with van der Waals surface area (Å²) in [6.07, 6.45) is 2.91. The first-order chi connectivity index (χ1) is 13.5. The van der Waals surface area contributed by atoms with Crippen LogP contribution in [0.25, 0.3) is 11.0 Å². The van der Waals surface area contributed by atoms with Crippen molar-refractivity contribution in [1.82, 2.24) is 0 Å². The van der Waals surface area contributed by atoms with Crippen LogP contribution in [0.15, 0.2) is 39.5 Å². The lowest BCUT2D eigenvalue weighted by molar-refractivity contribution is -0.201. The van der Waals surface area contributed by atoms with Crippen molar-refractivity contribution in [3.8, 4) is 5.75 Å². The summed E-state index contributed by atoms with van der Waals surface area (Å²) in [5.41, 5.74) is -1.02. The van der Waals surface area contributed by atoms with Gasteiger partial charge >= 0.3 is 5.63 Å². The number of hydrogen-bond acceptors (Lipinski definition) is 5. The van der Waals surface area contributed by atoms with Crippen LogP contribution in [0.3, 0.4) is 0 Å². The van der Waals surface area contributed by atoms with E-state index in [1.54, 1.807) is 12.1 Å². The topological polar surface area (TPSA) is 79.9 Å². The van der Waals surface area contributed by atoms with E-state index in [0.29, 0.717) is 30.3 Å². The average molecular weight is 401 g/mol. The van der Waals surface area contributed by atoms with Gasteiger partial charge in [-0.1, -0.05) is 20.8 Å². The maximum atomic E-state index is 11.5. The molecule has 2 aromatic rings. The van der Waals surface area contributed by atoms with E-state index in [0.717, 1.165) is 24.6 Å². The monoisotopic (exact) mass is 400 g/mol. The Kier molecular flexibility index (Phi) is 4.82. The van der Waals surface area contributed by atoms with Gasteiger partial charge in [-0.2, -0.15) is 0 Å². The van der Waals surface area contributed by atoms with E-state index in [9.17, 15) is 15.0 Å². The number of aliphatic hydroxyl groups excluding tert-OH is 1. The van der Waals surface area contributed by atoms with E-state index in [-0.39, 0.29) is 28.5 Å². The van der Waals surface area contributed by atoms with Crippen LogP contribution >= 0.6 is 0 Å². The molecule has 2 saturated carbocycles. The molecular formula is C24H32O5. The van der Waals surface area contributed by atoms with Gasteiger partial charge in [0.2, 0.25) is 0 Å². The van der Waals surface area contributed by atoms with Gasteiger partial charge in [-0.25, -0.2) is 4.79 Å². The highest BCUT2D eigenvalue weighted by Gasteiger charge is 2.60. The molecule has 1 aromatic carbocycles. The molecule has 2 aliphatic carbocycles. The zero-order valence-electron chi connectivity index (χ0n) is 17.8. The maximum Gasteiger partial charge on any atom is 0.336 e. The summed E-state index contributed by atoms with van der Waals surface area (Å²) in [5, 5.41) is 22.7. The summed E-state index contributed by atoms with van der Waals surface area (Å²) in [6, 6.07) is 8.62. The van der Waals surface area contributed by atoms with Gasteiger partial charge in [0.1, 0.15) is 11.3 Å². The van der Waals surface area contributed by atoms with Crippen LogP contribution in [-0.2, 0) is 0 Å². The predicted molar refractivity (Wildman–Crippen MR) is 112 cm³/mol. The number of fused-ring (bicyclic) bond motifs is 2. The van der Waals surface area contributed by atoms with Gasteiger partial charge in [0.05, 0.1) is 18.3 Å². The molecule has 0 aliphatic heterocycles.